The van der Waals surface area contributed by atoms with Crippen molar-refractivity contribution >= 4 is 11.3 Å². The first-order valence-corrected chi connectivity index (χ1v) is 9.20. The Morgan fingerprint density at radius 1 is 1.39 bits per heavy atom. The molecular formula is C17H26N4OS. The topological polar surface area (TPSA) is 52.0 Å². The zero-order chi connectivity index (χ0) is 16.4. The summed E-state index contributed by atoms with van der Waals surface area (Å²) in [7, 11) is 2.00. The molecule has 126 valence electrons. The largest absolute Gasteiger partial charge is 0.372 e. The van der Waals surface area contributed by atoms with Crippen molar-refractivity contribution in [3.05, 3.63) is 33.0 Å². The second-order valence-electron chi connectivity index (χ2n) is 6.31. The monoisotopic (exact) mass is 334 g/mol. The Kier molecular flexibility index (Phi) is 5.14. The summed E-state index contributed by atoms with van der Waals surface area (Å²) in [6, 6.07) is 0.383. The molecule has 0 amide bonds. The van der Waals surface area contributed by atoms with E-state index in [0.29, 0.717) is 6.04 Å². The summed E-state index contributed by atoms with van der Waals surface area (Å²) < 4.78 is 7.97. The molecular weight excluding hydrogens is 308 g/mol. The molecule has 0 radical (unpaired) electrons. The molecule has 2 aromatic rings. The van der Waals surface area contributed by atoms with E-state index in [2.05, 4.69) is 41.6 Å². The van der Waals surface area contributed by atoms with Crippen LogP contribution in [0.1, 0.15) is 46.6 Å². The third-order valence-corrected chi connectivity index (χ3v) is 5.45. The minimum absolute atomic E-state index is 0.130. The van der Waals surface area contributed by atoms with Gasteiger partial charge in [0.15, 0.2) is 0 Å². The minimum atomic E-state index is 0.130. The smallest absolute Gasteiger partial charge is 0.101 e. The lowest BCUT2D eigenvalue weighted by atomic mass is 10.00. The first-order valence-electron chi connectivity index (χ1n) is 8.32. The lowest BCUT2D eigenvalue weighted by Crippen LogP contribution is -2.33. The van der Waals surface area contributed by atoms with Crippen LogP contribution in [0.2, 0.25) is 0 Å². The van der Waals surface area contributed by atoms with Crippen LogP contribution in [0.25, 0.3) is 0 Å². The Hall–Kier alpha value is -1.24. The number of ether oxygens (including phenoxy) is 1. The SMILES string of the molecule is Cc1nc(CCCN[C@H]2CCO[C@@H]2c2c(C)nn(C)c2C)cs1. The molecule has 1 aliphatic rings. The third kappa shape index (κ3) is 3.65. The van der Waals surface area contributed by atoms with Gasteiger partial charge >= 0.3 is 0 Å². The number of thiazole rings is 1. The van der Waals surface area contributed by atoms with Gasteiger partial charge in [0.25, 0.3) is 0 Å². The van der Waals surface area contributed by atoms with E-state index < -0.39 is 0 Å². The quantitative estimate of drug-likeness (QED) is 0.825. The third-order valence-electron chi connectivity index (χ3n) is 4.62. The van der Waals surface area contributed by atoms with Gasteiger partial charge in [-0.1, -0.05) is 0 Å². The number of nitrogens with one attached hydrogen (secondary N) is 1. The number of hydrogen-bond donors (Lipinski definition) is 1. The second-order valence-corrected chi connectivity index (χ2v) is 7.37. The first kappa shape index (κ1) is 16.6. The van der Waals surface area contributed by atoms with Crippen molar-refractivity contribution in [1.29, 1.82) is 0 Å². The predicted molar refractivity (Wildman–Crippen MR) is 93.0 cm³/mol. The summed E-state index contributed by atoms with van der Waals surface area (Å²) in [6.45, 7) is 8.08. The highest BCUT2D eigenvalue weighted by Crippen LogP contribution is 2.33. The first-order chi connectivity index (χ1) is 11.1. The van der Waals surface area contributed by atoms with Gasteiger partial charge in [-0.05, 0) is 46.6 Å². The van der Waals surface area contributed by atoms with E-state index in [1.807, 2.05) is 11.7 Å². The van der Waals surface area contributed by atoms with E-state index >= 15 is 0 Å². The summed E-state index contributed by atoms with van der Waals surface area (Å²) in [5.74, 6) is 0. The Morgan fingerprint density at radius 2 is 2.22 bits per heavy atom. The maximum atomic E-state index is 6.02. The van der Waals surface area contributed by atoms with Crippen molar-refractivity contribution in [2.24, 2.45) is 7.05 Å². The summed E-state index contributed by atoms with van der Waals surface area (Å²) in [4.78, 5) is 4.52. The van der Waals surface area contributed by atoms with Crippen LogP contribution >= 0.6 is 11.3 Å². The summed E-state index contributed by atoms with van der Waals surface area (Å²) in [5.41, 5.74) is 4.77. The molecule has 1 N–H and O–H groups in total. The molecule has 6 heteroatoms. The summed E-state index contributed by atoms with van der Waals surface area (Å²) >= 11 is 1.73. The standard InChI is InChI=1S/C17H26N4OS/c1-11-16(12(2)21(4)20-11)17-15(7-9-22-17)18-8-5-6-14-10-23-13(3)19-14/h10,15,17-18H,5-9H2,1-4H3/t15-,17-/m0/s1. The fourth-order valence-corrected chi connectivity index (χ4v) is 4.01. The molecule has 1 saturated heterocycles. The number of nitrogens with zero attached hydrogens (tertiary/aromatic N) is 3. The van der Waals surface area contributed by atoms with Gasteiger partial charge in [0.2, 0.25) is 0 Å². The molecule has 2 atom stereocenters. The van der Waals surface area contributed by atoms with Crippen LogP contribution in [0.4, 0.5) is 0 Å². The van der Waals surface area contributed by atoms with Gasteiger partial charge < -0.3 is 10.1 Å². The van der Waals surface area contributed by atoms with Gasteiger partial charge in [0.05, 0.1) is 16.4 Å². The van der Waals surface area contributed by atoms with Gasteiger partial charge in [-0.2, -0.15) is 5.10 Å². The van der Waals surface area contributed by atoms with Gasteiger partial charge in [-0.15, -0.1) is 11.3 Å². The molecule has 0 unspecified atom stereocenters. The number of aryl methyl sites for hydroxylation is 4. The zero-order valence-corrected chi connectivity index (χ0v) is 15.2. The van der Waals surface area contributed by atoms with Crippen molar-refractivity contribution in [3.8, 4) is 0 Å². The molecule has 5 nitrogen and oxygen atoms in total. The molecule has 0 aliphatic carbocycles. The number of aromatic nitrogens is 3. The molecule has 0 bridgehead atoms. The van der Waals surface area contributed by atoms with E-state index in [1.165, 1.54) is 17.0 Å². The van der Waals surface area contributed by atoms with E-state index in [9.17, 15) is 0 Å². The zero-order valence-electron chi connectivity index (χ0n) is 14.4. The van der Waals surface area contributed by atoms with Crippen LogP contribution in [-0.4, -0.2) is 34.0 Å². The average Bonchev–Trinajstić information content (AvgIpc) is 3.18. The maximum absolute atomic E-state index is 6.02. The molecule has 0 saturated carbocycles. The van der Waals surface area contributed by atoms with Crippen molar-refractivity contribution in [2.45, 2.75) is 52.2 Å². The van der Waals surface area contributed by atoms with Gasteiger partial charge in [0, 0.05) is 36.3 Å². The second kappa shape index (κ2) is 7.11. The Balaban J connectivity index is 1.55. The Morgan fingerprint density at radius 3 is 2.87 bits per heavy atom. The van der Waals surface area contributed by atoms with Crippen molar-refractivity contribution in [2.75, 3.05) is 13.2 Å². The molecule has 3 rings (SSSR count). The average molecular weight is 334 g/mol. The Bertz CT molecular complexity index is 664. The van der Waals surface area contributed by atoms with Gasteiger partial charge in [-0.3, -0.25) is 4.68 Å². The molecule has 3 heterocycles. The molecule has 1 fully saturated rings. The molecule has 0 aromatic carbocycles. The van der Waals surface area contributed by atoms with Crippen molar-refractivity contribution < 1.29 is 4.74 Å². The summed E-state index contributed by atoms with van der Waals surface area (Å²) in [6.07, 6.45) is 3.34. The van der Waals surface area contributed by atoms with Crippen LogP contribution in [0, 0.1) is 20.8 Å². The van der Waals surface area contributed by atoms with E-state index in [4.69, 9.17) is 4.74 Å². The van der Waals surface area contributed by atoms with Gasteiger partial charge in [0.1, 0.15) is 6.10 Å². The Labute approximate surface area is 142 Å². The lowest BCUT2D eigenvalue weighted by molar-refractivity contribution is 0.0977. The van der Waals surface area contributed by atoms with E-state index in [0.717, 1.165) is 43.1 Å². The van der Waals surface area contributed by atoms with Crippen LogP contribution in [0.5, 0.6) is 0 Å². The molecule has 2 aromatic heterocycles. The number of hydrogen-bond acceptors (Lipinski definition) is 5. The van der Waals surface area contributed by atoms with Crippen LogP contribution in [-0.2, 0) is 18.2 Å². The molecule has 0 spiro atoms. The van der Waals surface area contributed by atoms with E-state index in [-0.39, 0.29) is 6.10 Å². The number of rotatable bonds is 6. The van der Waals surface area contributed by atoms with Gasteiger partial charge in [-0.25, -0.2) is 4.98 Å². The normalized spacial score (nSPS) is 21.2. The summed E-state index contributed by atoms with van der Waals surface area (Å²) in [5, 5.41) is 11.5. The lowest BCUT2D eigenvalue weighted by Gasteiger charge is -2.20. The van der Waals surface area contributed by atoms with Crippen LogP contribution < -0.4 is 5.32 Å². The van der Waals surface area contributed by atoms with Crippen LogP contribution in [0.3, 0.4) is 0 Å². The van der Waals surface area contributed by atoms with Crippen LogP contribution in [0.15, 0.2) is 5.38 Å². The molecule has 23 heavy (non-hydrogen) atoms. The fourth-order valence-electron chi connectivity index (χ4n) is 3.36. The van der Waals surface area contributed by atoms with Crippen molar-refractivity contribution in [1.82, 2.24) is 20.1 Å². The predicted octanol–water partition coefficient (Wildman–Crippen LogP) is 2.85. The van der Waals surface area contributed by atoms with E-state index in [1.54, 1.807) is 11.3 Å². The maximum Gasteiger partial charge on any atom is 0.101 e. The highest BCUT2D eigenvalue weighted by molar-refractivity contribution is 7.09. The minimum Gasteiger partial charge on any atom is -0.372 e. The highest BCUT2D eigenvalue weighted by Gasteiger charge is 2.33. The molecule has 1 aliphatic heterocycles. The van der Waals surface area contributed by atoms with Crippen molar-refractivity contribution in [3.63, 3.8) is 0 Å². The fraction of sp³-hybridized carbons (Fsp3) is 0.647. The highest BCUT2D eigenvalue weighted by atomic mass is 32.1.